The fourth-order valence-electron chi connectivity index (χ4n) is 11.8. The fraction of sp³-hybridized carbons (Fsp3) is 0.800. The van der Waals surface area contributed by atoms with Crippen molar-refractivity contribution in [2.75, 3.05) is 47.1 Å². The molecule has 2 bridgehead atoms. The van der Waals surface area contributed by atoms with Crippen molar-refractivity contribution in [2.24, 2.45) is 23.7 Å². The van der Waals surface area contributed by atoms with E-state index in [-0.39, 0.29) is 49.9 Å². The number of hydrogen-bond acceptors (Lipinski definition) is 17. The number of aliphatic hydroxyl groups excluding tert-OH is 1. The van der Waals surface area contributed by atoms with E-state index < -0.39 is 109 Å². The summed E-state index contributed by atoms with van der Waals surface area (Å²) in [4.78, 5) is 14.4. The normalized spacial score (nSPS) is 45.1. The van der Waals surface area contributed by atoms with Gasteiger partial charge in [-0.3, -0.25) is 4.79 Å². The van der Waals surface area contributed by atoms with Crippen molar-refractivity contribution < 1.29 is 77.0 Å². The molecule has 20 atom stereocenters. The van der Waals surface area contributed by atoms with Crippen molar-refractivity contribution in [1.82, 2.24) is 5.32 Å². The molecule has 17 heteroatoms. The van der Waals surface area contributed by atoms with Crippen LogP contribution in [0.15, 0.2) is 59.3 Å². The molecule has 4 N–H and O–H groups in total. The van der Waals surface area contributed by atoms with Gasteiger partial charge in [0.1, 0.15) is 41.5 Å². The molecular formula is C55H87NO16. The van der Waals surface area contributed by atoms with Gasteiger partial charge in [-0.05, 0) is 76.7 Å². The van der Waals surface area contributed by atoms with Crippen LogP contribution in [-0.4, -0.2) is 171 Å². The summed E-state index contributed by atoms with van der Waals surface area (Å²) in [5.41, 5.74) is -1.27. The molecule has 0 amide bonds. The molecular weight excluding hydrogens is 931 g/mol. The Bertz CT molecular complexity index is 1950. The average molecular weight is 1020 g/mol. The fourth-order valence-corrected chi connectivity index (χ4v) is 11.8. The number of carbonyl (C=O) groups excluding carboxylic acids is 1. The lowest BCUT2D eigenvalue weighted by molar-refractivity contribution is -0.331. The first kappa shape index (κ1) is 57.3. The van der Waals surface area contributed by atoms with Gasteiger partial charge in [0, 0.05) is 78.0 Å². The van der Waals surface area contributed by atoms with E-state index in [0.717, 1.165) is 12.0 Å². The summed E-state index contributed by atoms with van der Waals surface area (Å²) in [5.74, 6) is -2.65. The summed E-state index contributed by atoms with van der Waals surface area (Å²) in [5, 5.41) is 39.0. The van der Waals surface area contributed by atoms with E-state index in [1.807, 2.05) is 52.8 Å². The summed E-state index contributed by atoms with van der Waals surface area (Å²) in [6.07, 6.45) is 7.86. The first-order valence-corrected chi connectivity index (χ1v) is 26.7. The van der Waals surface area contributed by atoms with Crippen LogP contribution in [0.3, 0.4) is 0 Å². The predicted molar refractivity (Wildman–Crippen MR) is 266 cm³/mol. The zero-order valence-electron chi connectivity index (χ0n) is 44.9. The van der Waals surface area contributed by atoms with Gasteiger partial charge in [-0.2, -0.15) is 0 Å². The molecule has 7 rings (SSSR count). The summed E-state index contributed by atoms with van der Waals surface area (Å²) in [6, 6.07) is 0. The number of carbonyl (C=O) groups is 1. The van der Waals surface area contributed by atoms with E-state index in [1.54, 1.807) is 33.3 Å². The summed E-state index contributed by atoms with van der Waals surface area (Å²) >= 11 is 0. The van der Waals surface area contributed by atoms with E-state index in [4.69, 9.17) is 56.8 Å². The topological polar surface area (TPSA) is 201 Å². The van der Waals surface area contributed by atoms with Crippen LogP contribution < -0.4 is 5.32 Å². The lowest BCUT2D eigenvalue weighted by Gasteiger charge is -2.48. The van der Waals surface area contributed by atoms with Gasteiger partial charge in [-0.25, -0.2) is 0 Å². The molecule has 72 heavy (non-hydrogen) atoms. The van der Waals surface area contributed by atoms with E-state index in [0.29, 0.717) is 50.2 Å². The third-order valence-electron chi connectivity index (χ3n) is 16.3. The third-order valence-corrected chi connectivity index (χ3v) is 16.3. The number of hydrogen-bond donors (Lipinski definition) is 4. The lowest BCUT2D eigenvalue weighted by atomic mass is 9.71. The number of allylic oxidation sites excluding steroid dienone is 2. The zero-order valence-corrected chi connectivity index (χ0v) is 44.9. The number of nitrogens with one attached hydrogen (secondary N) is 1. The molecule has 7 aliphatic rings. The maximum atomic E-state index is 14.4. The zero-order chi connectivity index (χ0) is 52.1. The minimum atomic E-state index is -1.85. The summed E-state index contributed by atoms with van der Waals surface area (Å²) in [6.45, 7) is 21.5. The second-order valence-electron chi connectivity index (χ2n) is 21.3. The molecule has 0 aromatic carbocycles. The second-order valence-corrected chi connectivity index (χ2v) is 21.3. The number of esters is 1. The van der Waals surface area contributed by atoms with Crippen LogP contribution >= 0.6 is 0 Å². The molecule has 4 fully saturated rings. The highest BCUT2D eigenvalue weighted by Crippen LogP contribution is 2.47. The molecule has 0 saturated carbocycles. The van der Waals surface area contributed by atoms with E-state index in [9.17, 15) is 20.1 Å². The smallest absolute Gasteiger partial charge is 0.316 e. The van der Waals surface area contributed by atoms with Gasteiger partial charge < -0.3 is 77.5 Å². The van der Waals surface area contributed by atoms with Crippen molar-refractivity contribution in [3.8, 4) is 0 Å². The van der Waals surface area contributed by atoms with Gasteiger partial charge in [0.25, 0.3) is 0 Å². The minimum Gasteiger partial charge on any atom is -0.462 e. The van der Waals surface area contributed by atoms with Crippen molar-refractivity contribution in [2.45, 2.75) is 211 Å². The molecule has 1 unspecified atom stereocenters. The van der Waals surface area contributed by atoms with Gasteiger partial charge in [0.05, 0.1) is 49.3 Å². The van der Waals surface area contributed by atoms with Gasteiger partial charge in [-0.15, -0.1) is 0 Å². The Kier molecular flexibility index (Phi) is 19.7. The molecule has 6 heterocycles. The Morgan fingerprint density at radius 1 is 0.889 bits per heavy atom. The summed E-state index contributed by atoms with van der Waals surface area (Å²) in [7, 11) is 3.22. The Balaban J connectivity index is 1.11. The number of fused-ring (bicyclic) bond motifs is 2. The highest BCUT2D eigenvalue weighted by atomic mass is 16.7. The summed E-state index contributed by atoms with van der Waals surface area (Å²) < 4.78 is 76.3. The Labute approximate surface area is 427 Å². The van der Waals surface area contributed by atoms with Gasteiger partial charge in [0.2, 0.25) is 0 Å². The lowest BCUT2D eigenvalue weighted by Crippen LogP contribution is -2.64. The van der Waals surface area contributed by atoms with Crippen LogP contribution in [-0.2, 0) is 61.6 Å². The molecule has 0 aromatic heterocycles. The molecule has 17 nitrogen and oxygen atoms in total. The molecule has 6 aliphatic heterocycles. The van der Waals surface area contributed by atoms with Gasteiger partial charge in [-0.1, -0.05) is 70.6 Å². The average Bonchev–Trinajstić information content (AvgIpc) is 3.69. The van der Waals surface area contributed by atoms with Gasteiger partial charge >= 0.3 is 5.97 Å². The van der Waals surface area contributed by atoms with Crippen molar-refractivity contribution in [1.29, 1.82) is 0 Å². The SMILES string of the molecule is CCOC(CNC[C@@]1(O)[C@H](C)O[C@@H](O[C@H]2[C@H](C)O[C@@H](O[C@@H]3/C(C)=C/C[C@@H]4C[C@@H](C[C@]5(C=C[C@H](C)[C@@H](C(C)CC)O5)O4)OC(=O)[C@@H]4C=C(C)[C@@H](O)[C@H]5OC/C(=C/C=C/[C@@H]3C)[C@]54O)C[C@@H]2OC)C[C@@H]1OC)OCC. The predicted octanol–water partition coefficient (Wildman–Crippen LogP) is 5.74. The molecule has 0 radical (unpaired) electrons. The minimum absolute atomic E-state index is 0.0196. The highest BCUT2D eigenvalue weighted by Gasteiger charge is 2.60. The number of rotatable bonds is 16. The van der Waals surface area contributed by atoms with Crippen LogP contribution in [0, 0.1) is 23.7 Å². The van der Waals surface area contributed by atoms with Crippen LogP contribution in [0.4, 0.5) is 0 Å². The Morgan fingerprint density at radius 3 is 2.32 bits per heavy atom. The van der Waals surface area contributed by atoms with Crippen molar-refractivity contribution >= 4 is 5.97 Å². The van der Waals surface area contributed by atoms with Crippen molar-refractivity contribution in [3.63, 3.8) is 0 Å². The number of aliphatic hydroxyl groups is 3. The molecule has 0 aromatic rings. The molecule has 4 saturated heterocycles. The van der Waals surface area contributed by atoms with E-state index >= 15 is 0 Å². The molecule has 1 spiro atoms. The van der Waals surface area contributed by atoms with Crippen LogP contribution in [0.25, 0.3) is 0 Å². The van der Waals surface area contributed by atoms with Gasteiger partial charge in [0.15, 0.2) is 24.7 Å². The highest BCUT2D eigenvalue weighted by molar-refractivity contribution is 5.78. The third kappa shape index (κ3) is 12.4. The van der Waals surface area contributed by atoms with Crippen molar-refractivity contribution in [3.05, 3.63) is 59.3 Å². The second kappa shape index (κ2) is 24.7. The van der Waals surface area contributed by atoms with Crippen LogP contribution in [0.5, 0.6) is 0 Å². The maximum Gasteiger partial charge on any atom is 0.316 e. The largest absolute Gasteiger partial charge is 0.462 e. The first-order valence-electron chi connectivity index (χ1n) is 26.7. The van der Waals surface area contributed by atoms with Crippen LogP contribution in [0.2, 0.25) is 0 Å². The molecule has 1 aliphatic carbocycles. The first-order chi connectivity index (χ1) is 34.3. The van der Waals surface area contributed by atoms with Crippen LogP contribution in [0.1, 0.15) is 108 Å². The maximum absolute atomic E-state index is 14.4. The Hall–Kier alpha value is -2.43. The quantitative estimate of drug-likeness (QED) is 0.0829. The number of methoxy groups -OCH3 is 2. The monoisotopic (exact) mass is 1020 g/mol. The standard InChI is InChI=1S/C55H87NO16/c1-13-31(4)49-34(7)21-22-53(72-49)27-40-24-39(71-53)20-19-33(6)48(32(5)17-16-18-38-29-65-51-47(57)35(8)23-41(52(58)68-40)55(38,51)60)69-44-25-42(61-11)50(36(9)66-44)70-45-26-43(62-12)54(59,37(10)67-45)30-56-28-46(63-14-2)64-15-3/h16-19,21-23,31-32,34,36-37,39-51,56-57,59-60H,13-15,20,24-30H2,1-12H3/b17-16+,33-19+,38-18-/t31?,32-,34-,36-,37-,39+,40-,41-,42-,43-,44-,45-,47+,48-,49+,50-,51+,53+,54+,55+/m0/s1. The Morgan fingerprint density at radius 2 is 1.62 bits per heavy atom. The molecule has 408 valence electrons. The number of ether oxygens (including phenoxy) is 12. The van der Waals surface area contributed by atoms with E-state index in [2.05, 4.69) is 45.2 Å². The van der Waals surface area contributed by atoms with E-state index in [1.165, 1.54) is 0 Å².